The van der Waals surface area contributed by atoms with Crippen LogP contribution in [0.15, 0.2) is 48.5 Å². The fraction of sp³-hybridized carbons (Fsp3) is 0.435. The first-order valence-corrected chi connectivity index (χ1v) is 11.8. The molecule has 0 aliphatic carbocycles. The number of rotatable bonds is 7. The molecule has 1 fully saturated rings. The zero-order valence-corrected chi connectivity index (χ0v) is 18.1. The third-order valence-electron chi connectivity index (χ3n) is 5.41. The van der Waals surface area contributed by atoms with E-state index in [1.54, 1.807) is 4.90 Å². The number of sulfone groups is 1. The Morgan fingerprint density at radius 3 is 2.41 bits per heavy atom. The number of nitrogens with zero attached hydrogens (tertiary/aromatic N) is 1. The molecule has 29 heavy (non-hydrogen) atoms. The molecular weight excluding hydrogens is 386 g/mol. The summed E-state index contributed by atoms with van der Waals surface area (Å²) in [4.78, 5) is 14.7. The van der Waals surface area contributed by atoms with Crippen molar-refractivity contribution in [2.45, 2.75) is 45.7 Å². The van der Waals surface area contributed by atoms with Gasteiger partial charge in [-0.05, 0) is 42.0 Å². The number of carbonyl (C=O) groups excluding carboxylic acids is 1. The van der Waals surface area contributed by atoms with Crippen LogP contribution >= 0.6 is 0 Å². The first kappa shape index (κ1) is 21.4. The largest absolute Gasteiger partial charge is 0.484 e. The molecular formula is C23H29NO4S. The first-order valence-electron chi connectivity index (χ1n) is 10.0. The lowest BCUT2D eigenvalue weighted by molar-refractivity contribution is -0.136. The molecule has 156 valence electrons. The highest BCUT2D eigenvalue weighted by Crippen LogP contribution is 2.23. The first-order chi connectivity index (χ1) is 13.7. The van der Waals surface area contributed by atoms with Gasteiger partial charge in [-0.1, -0.05) is 56.3 Å². The van der Waals surface area contributed by atoms with Crippen molar-refractivity contribution in [1.82, 2.24) is 4.90 Å². The Balaban J connectivity index is 1.75. The van der Waals surface area contributed by atoms with E-state index >= 15 is 0 Å². The van der Waals surface area contributed by atoms with Gasteiger partial charge in [0.05, 0.1) is 11.5 Å². The maximum Gasteiger partial charge on any atom is 0.261 e. The third kappa shape index (κ3) is 5.60. The topological polar surface area (TPSA) is 63.7 Å². The summed E-state index contributed by atoms with van der Waals surface area (Å²) in [6.45, 7) is 6.48. The Kier molecular flexibility index (Phi) is 6.63. The minimum absolute atomic E-state index is 0.0210. The van der Waals surface area contributed by atoms with E-state index in [2.05, 4.69) is 26.0 Å². The van der Waals surface area contributed by atoms with Crippen LogP contribution in [0.5, 0.6) is 5.75 Å². The second-order valence-corrected chi connectivity index (χ2v) is 10.3. The van der Waals surface area contributed by atoms with Crippen molar-refractivity contribution in [3.63, 3.8) is 0 Å². The zero-order valence-electron chi connectivity index (χ0n) is 17.3. The minimum Gasteiger partial charge on any atom is -0.484 e. The summed E-state index contributed by atoms with van der Waals surface area (Å²) in [7, 11) is -3.09. The van der Waals surface area contributed by atoms with Crippen LogP contribution in [0, 0.1) is 6.92 Å². The molecule has 1 atom stereocenters. The van der Waals surface area contributed by atoms with Crippen LogP contribution in [0.1, 0.15) is 42.9 Å². The maximum absolute atomic E-state index is 13.0. The number of aryl methyl sites for hydroxylation is 1. The number of benzene rings is 2. The summed E-state index contributed by atoms with van der Waals surface area (Å²) >= 11 is 0. The standard InChI is InChI=1S/C23H29NO4S/c1-17(2)20-10-8-19(9-11-20)14-24(21-12-13-29(26,27)16-21)23(25)15-28-22-7-5-4-6-18(22)3/h4-11,17,21H,12-16H2,1-3H3. The molecule has 0 aromatic heterocycles. The van der Waals surface area contributed by atoms with Crippen LogP contribution in [-0.2, 0) is 21.2 Å². The van der Waals surface area contributed by atoms with Crippen molar-refractivity contribution in [2.75, 3.05) is 18.1 Å². The van der Waals surface area contributed by atoms with E-state index in [1.165, 1.54) is 5.56 Å². The summed E-state index contributed by atoms with van der Waals surface area (Å²) in [6, 6.07) is 15.4. The molecule has 2 aromatic rings. The summed E-state index contributed by atoms with van der Waals surface area (Å²) in [6.07, 6.45) is 0.475. The molecule has 3 rings (SSSR count). The normalized spacial score (nSPS) is 18.0. The fourth-order valence-corrected chi connectivity index (χ4v) is 5.32. The molecule has 5 nitrogen and oxygen atoms in total. The highest BCUT2D eigenvalue weighted by atomic mass is 32.2. The highest BCUT2D eigenvalue weighted by Gasteiger charge is 2.34. The molecule has 0 bridgehead atoms. The van der Waals surface area contributed by atoms with E-state index in [4.69, 9.17) is 4.74 Å². The van der Waals surface area contributed by atoms with Crippen LogP contribution in [-0.4, -0.2) is 43.4 Å². The average molecular weight is 416 g/mol. The number of hydrogen-bond acceptors (Lipinski definition) is 4. The van der Waals surface area contributed by atoms with Gasteiger partial charge in [-0.15, -0.1) is 0 Å². The number of para-hydroxylation sites is 1. The van der Waals surface area contributed by atoms with Crippen LogP contribution < -0.4 is 4.74 Å². The summed E-state index contributed by atoms with van der Waals surface area (Å²) < 4.78 is 29.7. The molecule has 1 heterocycles. The summed E-state index contributed by atoms with van der Waals surface area (Å²) in [5, 5.41) is 0. The molecule has 1 saturated heterocycles. The van der Waals surface area contributed by atoms with E-state index < -0.39 is 9.84 Å². The van der Waals surface area contributed by atoms with Gasteiger partial charge in [0.15, 0.2) is 16.4 Å². The Morgan fingerprint density at radius 1 is 1.14 bits per heavy atom. The maximum atomic E-state index is 13.0. The van der Waals surface area contributed by atoms with Gasteiger partial charge in [-0.25, -0.2) is 8.42 Å². The molecule has 0 N–H and O–H groups in total. The van der Waals surface area contributed by atoms with Crippen LogP contribution in [0.3, 0.4) is 0 Å². The molecule has 0 radical (unpaired) electrons. The molecule has 1 aliphatic rings. The Labute approximate surface area is 173 Å². The van der Waals surface area contributed by atoms with Crippen LogP contribution in [0.4, 0.5) is 0 Å². The molecule has 6 heteroatoms. The highest BCUT2D eigenvalue weighted by molar-refractivity contribution is 7.91. The molecule has 0 saturated carbocycles. The Morgan fingerprint density at radius 2 is 1.83 bits per heavy atom. The lowest BCUT2D eigenvalue weighted by atomic mass is 10.0. The number of carbonyl (C=O) groups is 1. The van der Waals surface area contributed by atoms with Gasteiger partial charge in [-0.2, -0.15) is 0 Å². The second-order valence-electron chi connectivity index (χ2n) is 8.03. The van der Waals surface area contributed by atoms with E-state index in [0.717, 1.165) is 11.1 Å². The number of ether oxygens (including phenoxy) is 1. The van der Waals surface area contributed by atoms with E-state index in [-0.39, 0.29) is 30.1 Å². The molecule has 0 spiro atoms. The summed E-state index contributed by atoms with van der Waals surface area (Å²) in [5.74, 6) is 1.06. The predicted molar refractivity (Wildman–Crippen MR) is 115 cm³/mol. The van der Waals surface area contributed by atoms with Gasteiger partial charge in [0.1, 0.15) is 5.75 Å². The number of amides is 1. The third-order valence-corrected chi connectivity index (χ3v) is 7.16. The van der Waals surface area contributed by atoms with Crippen molar-refractivity contribution < 1.29 is 17.9 Å². The minimum atomic E-state index is -3.09. The second kappa shape index (κ2) is 8.99. The van der Waals surface area contributed by atoms with Gasteiger partial charge in [0, 0.05) is 12.6 Å². The lowest BCUT2D eigenvalue weighted by Gasteiger charge is -2.28. The SMILES string of the molecule is Cc1ccccc1OCC(=O)N(Cc1ccc(C(C)C)cc1)C1CCS(=O)(=O)C1. The number of hydrogen-bond donors (Lipinski definition) is 0. The van der Waals surface area contributed by atoms with Crippen LogP contribution in [0.2, 0.25) is 0 Å². The Bertz CT molecular complexity index is 951. The molecule has 1 aliphatic heterocycles. The molecule has 1 unspecified atom stereocenters. The summed E-state index contributed by atoms with van der Waals surface area (Å²) in [5.41, 5.74) is 3.18. The average Bonchev–Trinajstić information content (AvgIpc) is 3.05. The van der Waals surface area contributed by atoms with Gasteiger partial charge < -0.3 is 9.64 Å². The van der Waals surface area contributed by atoms with Gasteiger partial charge >= 0.3 is 0 Å². The smallest absolute Gasteiger partial charge is 0.261 e. The van der Waals surface area contributed by atoms with Crippen molar-refractivity contribution in [1.29, 1.82) is 0 Å². The monoisotopic (exact) mass is 415 g/mol. The Hall–Kier alpha value is -2.34. The molecule has 2 aromatic carbocycles. The lowest BCUT2D eigenvalue weighted by Crippen LogP contribution is -2.43. The van der Waals surface area contributed by atoms with Gasteiger partial charge in [0.25, 0.3) is 5.91 Å². The zero-order chi connectivity index (χ0) is 21.0. The van der Waals surface area contributed by atoms with E-state index in [9.17, 15) is 13.2 Å². The van der Waals surface area contributed by atoms with Crippen LogP contribution in [0.25, 0.3) is 0 Å². The quantitative estimate of drug-likeness (QED) is 0.692. The van der Waals surface area contributed by atoms with Crippen molar-refractivity contribution in [3.8, 4) is 5.75 Å². The van der Waals surface area contributed by atoms with Gasteiger partial charge in [-0.3, -0.25) is 4.79 Å². The van der Waals surface area contributed by atoms with Gasteiger partial charge in [0.2, 0.25) is 0 Å². The van der Waals surface area contributed by atoms with Crippen molar-refractivity contribution >= 4 is 15.7 Å². The van der Waals surface area contributed by atoms with Crippen molar-refractivity contribution in [3.05, 3.63) is 65.2 Å². The predicted octanol–water partition coefficient (Wildman–Crippen LogP) is 3.71. The van der Waals surface area contributed by atoms with E-state index in [0.29, 0.717) is 24.6 Å². The fourth-order valence-electron chi connectivity index (χ4n) is 3.59. The molecule has 1 amide bonds. The van der Waals surface area contributed by atoms with E-state index in [1.807, 2.05) is 43.3 Å². The van der Waals surface area contributed by atoms with Crippen molar-refractivity contribution in [2.24, 2.45) is 0 Å².